The number of aliphatic carboxylic acids is 2. The van der Waals surface area contributed by atoms with Crippen LogP contribution in [0.3, 0.4) is 0 Å². The van der Waals surface area contributed by atoms with Crippen LogP contribution in [0.2, 0.25) is 0 Å². The molecule has 0 amide bonds. The van der Waals surface area contributed by atoms with Crippen molar-refractivity contribution in [2.24, 2.45) is 5.73 Å². The molecule has 0 saturated carbocycles. The molecule has 0 aromatic heterocycles. The van der Waals surface area contributed by atoms with Gasteiger partial charge in [0.05, 0.1) is 19.8 Å². The quantitative estimate of drug-likeness (QED) is 0.551. The first kappa shape index (κ1) is 23.9. The third-order valence-electron chi connectivity index (χ3n) is 3.71. The van der Waals surface area contributed by atoms with Gasteiger partial charge in [-0.15, -0.1) is 0 Å². The van der Waals surface area contributed by atoms with Crippen molar-refractivity contribution in [1.29, 1.82) is 0 Å². The maximum Gasteiger partial charge on any atom is 0.328 e. The van der Waals surface area contributed by atoms with Crippen molar-refractivity contribution in [2.75, 3.05) is 7.11 Å². The molecular formula is C22H27NO6. The molecule has 156 valence electrons. The molecule has 4 N–H and O–H groups in total. The van der Waals surface area contributed by atoms with E-state index in [1.165, 1.54) is 0 Å². The van der Waals surface area contributed by atoms with Crippen molar-refractivity contribution in [3.63, 3.8) is 0 Å². The molecule has 29 heavy (non-hydrogen) atoms. The summed E-state index contributed by atoms with van der Waals surface area (Å²) in [6.07, 6.45) is 1.93. The molecule has 2 aromatic rings. The molecule has 0 bridgehead atoms. The van der Waals surface area contributed by atoms with E-state index in [0.717, 1.165) is 23.3 Å². The van der Waals surface area contributed by atoms with Crippen molar-refractivity contribution in [2.45, 2.75) is 32.1 Å². The Morgan fingerprint density at radius 3 is 2.17 bits per heavy atom. The minimum absolute atomic E-state index is 0.0115. The summed E-state index contributed by atoms with van der Waals surface area (Å²) < 4.78 is 11.3. The first-order valence-electron chi connectivity index (χ1n) is 9.00. The first-order valence-corrected chi connectivity index (χ1v) is 9.00. The second-order valence-corrected chi connectivity index (χ2v) is 6.28. The fourth-order valence-corrected chi connectivity index (χ4v) is 2.41. The van der Waals surface area contributed by atoms with Crippen molar-refractivity contribution < 1.29 is 29.3 Å². The molecule has 7 nitrogen and oxygen atoms in total. The lowest BCUT2D eigenvalue weighted by Gasteiger charge is -2.20. The zero-order chi connectivity index (χ0) is 21.6. The van der Waals surface area contributed by atoms with E-state index in [9.17, 15) is 9.59 Å². The Hall–Kier alpha value is -3.16. The average molecular weight is 401 g/mol. The van der Waals surface area contributed by atoms with E-state index in [2.05, 4.69) is 12.1 Å². The zero-order valence-electron chi connectivity index (χ0n) is 16.5. The summed E-state index contributed by atoms with van der Waals surface area (Å²) in [5, 5.41) is 15.6. The lowest BCUT2D eigenvalue weighted by Crippen LogP contribution is -2.20. The van der Waals surface area contributed by atoms with E-state index in [1.54, 1.807) is 7.11 Å². The molecule has 0 aliphatic heterocycles. The zero-order valence-corrected chi connectivity index (χ0v) is 16.5. The molecule has 2 aromatic carbocycles. The SMILES string of the molecule is COc1cccc(COC(CC(C)N)c2ccccc2)c1.O=C(O)C=CC(=O)O. The molecule has 0 radical (unpaired) electrons. The van der Waals surface area contributed by atoms with Gasteiger partial charge in [-0.1, -0.05) is 42.5 Å². The highest BCUT2D eigenvalue weighted by molar-refractivity contribution is 5.89. The number of carboxylic acid groups (broad SMARTS) is 2. The number of carboxylic acids is 2. The molecule has 0 fully saturated rings. The van der Waals surface area contributed by atoms with Crippen LogP contribution < -0.4 is 10.5 Å². The van der Waals surface area contributed by atoms with Crippen LogP contribution in [-0.4, -0.2) is 35.3 Å². The van der Waals surface area contributed by atoms with Crippen molar-refractivity contribution >= 4 is 11.9 Å². The van der Waals surface area contributed by atoms with Crippen LogP contribution in [0.15, 0.2) is 66.7 Å². The fourth-order valence-electron chi connectivity index (χ4n) is 2.41. The van der Waals surface area contributed by atoms with Gasteiger partial charge in [-0.05, 0) is 36.6 Å². The smallest absolute Gasteiger partial charge is 0.328 e. The van der Waals surface area contributed by atoms with E-state index in [4.69, 9.17) is 25.4 Å². The Balaban J connectivity index is 0.000000447. The highest BCUT2D eigenvalue weighted by Gasteiger charge is 2.14. The number of hydrogen-bond donors (Lipinski definition) is 3. The standard InChI is InChI=1S/C18H23NO2.C4H4O4/c1-14(19)11-18(16-8-4-3-5-9-16)21-13-15-7-6-10-17(12-15)20-2;5-3(6)1-2-4(7)8/h3-10,12,14,18H,11,13,19H2,1-2H3;1-2H,(H,5,6)(H,7,8). The predicted octanol–water partition coefficient (Wildman–Crippen LogP) is 3.40. The summed E-state index contributed by atoms with van der Waals surface area (Å²) in [7, 11) is 1.67. The number of hydrogen-bond acceptors (Lipinski definition) is 5. The molecule has 7 heteroatoms. The maximum absolute atomic E-state index is 9.55. The van der Waals surface area contributed by atoms with Crippen LogP contribution in [0.4, 0.5) is 0 Å². The Bertz CT molecular complexity index is 773. The van der Waals surface area contributed by atoms with E-state index in [0.29, 0.717) is 18.8 Å². The van der Waals surface area contributed by atoms with Gasteiger partial charge in [0.25, 0.3) is 0 Å². The lowest BCUT2D eigenvalue weighted by molar-refractivity contribution is -0.134. The van der Waals surface area contributed by atoms with Gasteiger partial charge in [0.15, 0.2) is 0 Å². The molecule has 0 spiro atoms. The summed E-state index contributed by atoms with van der Waals surface area (Å²) in [4.78, 5) is 19.1. The normalized spacial score (nSPS) is 12.5. The molecule has 2 rings (SSSR count). The summed E-state index contributed by atoms with van der Waals surface area (Å²) in [6.45, 7) is 2.55. The van der Waals surface area contributed by atoms with E-state index >= 15 is 0 Å². The second-order valence-electron chi connectivity index (χ2n) is 6.28. The van der Waals surface area contributed by atoms with E-state index in [-0.39, 0.29) is 12.1 Å². The predicted molar refractivity (Wildman–Crippen MR) is 110 cm³/mol. The Morgan fingerprint density at radius 2 is 1.66 bits per heavy atom. The Morgan fingerprint density at radius 1 is 1.03 bits per heavy atom. The van der Waals surface area contributed by atoms with Crippen molar-refractivity contribution in [1.82, 2.24) is 0 Å². The van der Waals surface area contributed by atoms with Crippen LogP contribution in [0.1, 0.15) is 30.6 Å². The fraction of sp³-hybridized carbons (Fsp3) is 0.273. The summed E-state index contributed by atoms with van der Waals surface area (Å²) in [5.74, 6) is -1.67. The van der Waals surface area contributed by atoms with Crippen LogP contribution in [0, 0.1) is 0 Å². The van der Waals surface area contributed by atoms with Crippen LogP contribution in [-0.2, 0) is 20.9 Å². The largest absolute Gasteiger partial charge is 0.497 e. The maximum atomic E-state index is 9.55. The molecule has 0 saturated heterocycles. The first-order chi connectivity index (χ1) is 13.8. The van der Waals surface area contributed by atoms with Crippen molar-refractivity contribution in [3.05, 3.63) is 77.9 Å². The highest BCUT2D eigenvalue weighted by Crippen LogP contribution is 2.24. The van der Waals surface area contributed by atoms with Crippen molar-refractivity contribution in [3.8, 4) is 5.75 Å². The minimum atomic E-state index is -1.26. The molecule has 0 aliphatic carbocycles. The third-order valence-corrected chi connectivity index (χ3v) is 3.71. The third kappa shape index (κ3) is 10.7. The van der Waals surface area contributed by atoms with Gasteiger partial charge < -0.3 is 25.4 Å². The molecule has 0 aliphatic rings. The second kappa shape index (κ2) is 13.1. The van der Waals surface area contributed by atoms with E-state index < -0.39 is 11.9 Å². The topological polar surface area (TPSA) is 119 Å². The minimum Gasteiger partial charge on any atom is -0.497 e. The van der Waals surface area contributed by atoms with Crippen LogP contribution in [0.25, 0.3) is 0 Å². The average Bonchev–Trinajstić information content (AvgIpc) is 2.70. The number of carbonyl (C=O) groups is 2. The number of benzene rings is 2. The Kier molecular flexibility index (Phi) is 10.8. The van der Waals surface area contributed by atoms with Gasteiger partial charge in [0.2, 0.25) is 0 Å². The van der Waals surface area contributed by atoms with Gasteiger partial charge in [-0.25, -0.2) is 9.59 Å². The molecule has 2 unspecified atom stereocenters. The number of nitrogens with two attached hydrogens (primary N) is 1. The van der Waals surface area contributed by atoms with Gasteiger partial charge in [0.1, 0.15) is 5.75 Å². The summed E-state index contributed by atoms with van der Waals surface area (Å²) in [6, 6.07) is 18.3. The number of methoxy groups -OCH3 is 1. The van der Waals surface area contributed by atoms with E-state index in [1.807, 2.05) is 49.4 Å². The highest BCUT2D eigenvalue weighted by atomic mass is 16.5. The summed E-state index contributed by atoms with van der Waals surface area (Å²) in [5.41, 5.74) is 8.21. The monoisotopic (exact) mass is 401 g/mol. The van der Waals surface area contributed by atoms with Gasteiger partial charge in [-0.2, -0.15) is 0 Å². The van der Waals surface area contributed by atoms with Crippen LogP contribution in [0.5, 0.6) is 5.75 Å². The van der Waals surface area contributed by atoms with Gasteiger partial charge in [0, 0.05) is 18.2 Å². The molecule has 2 atom stereocenters. The number of ether oxygens (including phenoxy) is 2. The van der Waals surface area contributed by atoms with Crippen LogP contribution >= 0.6 is 0 Å². The molecular weight excluding hydrogens is 374 g/mol. The van der Waals surface area contributed by atoms with Gasteiger partial charge >= 0.3 is 11.9 Å². The number of rotatable bonds is 9. The molecule has 0 heterocycles. The summed E-state index contributed by atoms with van der Waals surface area (Å²) >= 11 is 0. The lowest BCUT2D eigenvalue weighted by atomic mass is 10.0. The Labute approximate surface area is 170 Å². The van der Waals surface area contributed by atoms with Gasteiger partial charge in [-0.3, -0.25) is 0 Å².